The van der Waals surface area contributed by atoms with Crippen molar-refractivity contribution < 1.29 is 0 Å². The Balaban J connectivity index is 1.90. The lowest BCUT2D eigenvalue weighted by molar-refractivity contribution is 0.866. The number of anilines is 2. The zero-order valence-corrected chi connectivity index (χ0v) is 14.3. The van der Waals surface area contributed by atoms with Crippen molar-refractivity contribution in [3.05, 3.63) is 42.5 Å². The highest BCUT2D eigenvalue weighted by molar-refractivity contribution is 7.99. The summed E-state index contributed by atoms with van der Waals surface area (Å²) >= 11 is 1.51. The number of nitrogens with zero attached hydrogens (tertiary/aromatic N) is 4. The highest BCUT2D eigenvalue weighted by Crippen LogP contribution is 2.15. The molecule has 23 heavy (non-hydrogen) atoms. The molecule has 2 N–H and O–H groups in total. The molecule has 0 saturated heterocycles. The Labute approximate surface area is 141 Å². The fraction of sp³-hybridized carbons (Fsp3) is 0.312. The van der Waals surface area contributed by atoms with Gasteiger partial charge in [-0.25, -0.2) is 10.5 Å². The van der Waals surface area contributed by atoms with Gasteiger partial charge in [0.2, 0.25) is 11.1 Å². The Hall–Kier alpha value is -2.28. The lowest BCUT2D eigenvalue weighted by Crippen LogP contribution is -2.21. The molecule has 2 rings (SSSR count). The summed E-state index contributed by atoms with van der Waals surface area (Å²) in [4.78, 5) is 6.56. The number of benzene rings is 1. The molecule has 1 heterocycles. The summed E-state index contributed by atoms with van der Waals surface area (Å²) in [6.07, 6.45) is 3.57. The molecule has 0 aliphatic heterocycles. The maximum Gasteiger partial charge on any atom is 0.240 e. The number of hydrogen-bond donors (Lipinski definition) is 2. The van der Waals surface area contributed by atoms with Gasteiger partial charge in [-0.3, -0.25) is 0 Å². The fourth-order valence-corrected chi connectivity index (χ4v) is 2.56. The van der Waals surface area contributed by atoms with Crippen LogP contribution in [0.4, 0.5) is 11.6 Å². The van der Waals surface area contributed by atoms with Gasteiger partial charge in [-0.15, -0.1) is 11.7 Å². The van der Waals surface area contributed by atoms with Crippen molar-refractivity contribution in [2.75, 3.05) is 29.2 Å². The molecule has 0 bridgehead atoms. The minimum atomic E-state index is 0.521. The Bertz CT molecular complexity index is 630. The number of nitrogens with one attached hydrogen (secondary N) is 2. The summed E-state index contributed by atoms with van der Waals surface area (Å²) in [7, 11) is 0. The van der Waals surface area contributed by atoms with E-state index in [4.69, 9.17) is 0 Å². The predicted molar refractivity (Wildman–Crippen MR) is 98.5 cm³/mol. The number of aromatic amines is 1. The second kappa shape index (κ2) is 8.99. The maximum atomic E-state index is 4.26. The maximum absolute atomic E-state index is 4.26. The zero-order valence-electron chi connectivity index (χ0n) is 13.5. The molecular weight excluding hydrogens is 308 g/mol. The van der Waals surface area contributed by atoms with Crippen LogP contribution in [0.25, 0.3) is 0 Å². The highest BCUT2D eigenvalue weighted by atomic mass is 32.2. The van der Waals surface area contributed by atoms with Gasteiger partial charge in [0.25, 0.3) is 0 Å². The van der Waals surface area contributed by atoms with Gasteiger partial charge in [-0.1, -0.05) is 30.0 Å². The van der Waals surface area contributed by atoms with Crippen molar-refractivity contribution in [3.63, 3.8) is 0 Å². The van der Waals surface area contributed by atoms with Gasteiger partial charge in [-0.05, 0) is 31.5 Å². The van der Waals surface area contributed by atoms with E-state index in [0.29, 0.717) is 11.1 Å². The molecule has 6 nitrogen and oxygen atoms in total. The van der Waals surface area contributed by atoms with E-state index in [9.17, 15) is 0 Å². The molecular formula is C16H22N6S. The Morgan fingerprint density at radius 3 is 2.70 bits per heavy atom. The fourth-order valence-electron chi connectivity index (χ4n) is 2.02. The van der Waals surface area contributed by atoms with Gasteiger partial charge in [0, 0.05) is 24.5 Å². The van der Waals surface area contributed by atoms with Gasteiger partial charge in [0.15, 0.2) is 0 Å². The third-order valence-electron chi connectivity index (χ3n) is 3.20. The van der Waals surface area contributed by atoms with Crippen molar-refractivity contribution in [3.8, 4) is 0 Å². The van der Waals surface area contributed by atoms with E-state index in [-0.39, 0.29) is 0 Å². The van der Waals surface area contributed by atoms with Gasteiger partial charge in [-0.2, -0.15) is 10.1 Å². The standard InChI is InChI=1S/C16H22N6S/c1-4-11-23-16-18-15(20-21-16)19-17-12-13-7-9-14(10-8-13)22(5-2)6-3/h4,7-10,12H,1,5-6,11H2,2-3H3,(H2,18,19,20,21)/b17-12+. The lowest BCUT2D eigenvalue weighted by Gasteiger charge is -2.20. The third-order valence-corrected chi connectivity index (χ3v) is 4.04. The second-order valence-electron chi connectivity index (χ2n) is 4.70. The first-order chi connectivity index (χ1) is 11.3. The van der Waals surface area contributed by atoms with Crippen molar-refractivity contribution in [1.29, 1.82) is 0 Å². The average molecular weight is 330 g/mol. The van der Waals surface area contributed by atoms with E-state index in [0.717, 1.165) is 24.4 Å². The van der Waals surface area contributed by atoms with E-state index in [1.54, 1.807) is 6.21 Å². The molecule has 2 aromatic rings. The number of thioether (sulfide) groups is 1. The van der Waals surface area contributed by atoms with Gasteiger partial charge < -0.3 is 4.90 Å². The Kier molecular flexibility index (Phi) is 6.68. The van der Waals surface area contributed by atoms with E-state index < -0.39 is 0 Å². The number of rotatable bonds is 9. The van der Waals surface area contributed by atoms with Crippen molar-refractivity contribution in [2.45, 2.75) is 19.0 Å². The number of hydrazone groups is 1. The predicted octanol–water partition coefficient (Wildman–Crippen LogP) is 3.38. The van der Waals surface area contributed by atoms with E-state index in [1.807, 2.05) is 18.2 Å². The van der Waals surface area contributed by atoms with E-state index in [1.165, 1.54) is 17.4 Å². The molecule has 1 aromatic carbocycles. The highest BCUT2D eigenvalue weighted by Gasteiger charge is 2.02. The third kappa shape index (κ3) is 5.14. The molecule has 0 amide bonds. The minimum Gasteiger partial charge on any atom is -0.372 e. The van der Waals surface area contributed by atoms with Crippen molar-refractivity contribution >= 4 is 29.6 Å². The second-order valence-corrected chi connectivity index (χ2v) is 5.69. The van der Waals surface area contributed by atoms with Crippen LogP contribution in [0.3, 0.4) is 0 Å². The van der Waals surface area contributed by atoms with Gasteiger partial charge in [0.1, 0.15) is 0 Å². The molecule has 0 unspecified atom stereocenters. The Morgan fingerprint density at radius 1 is 1.30 bits per heavy atom. The number of H-pyrrole nitrogens is 1. The van der Waals surface area contributed by atoms with Crippen LogP contribution in [0.15, 0.2) is 47.2 Å². The summed E-state index contributed by atoms with van der Waals surface area (Å²) in [6.45, 7) is 9.98. The quantitative estimate of drug-likeness (QED) is 0.319. The minimum absolute atomic E-state index is 0.521. The van der Waals surface area contributed by atoms with Crippen LogP contribution in [0, 0.1) is 0 Å². The number of hydrogen-bond acceptors (Lipinski definition) is 6. The summed E-state index contributed by atoms with van der Waals surface area (Å²) in [6, 6.07) is 8.30. The number of aromatic nitrogens is 3. The average Bonchev–Trinajstić information content (AvgIpc) is 3.03. The first kappa shape index (κ1) is 17.1. The zero-order chi connectivity index (χ0) is 16.5. The smallest absolute Gasteiger partial charge is 0.240 e. The lowest BCUT2D eigenvalue weighted by atomic mass is 10.2. The molecule has 1 aromatic heterocycles. The Morgan fingerprint density at radius 2 is 2.04 bits per heavy atom. The molecule has 0 radical (unpaired) electrons. The topological polar surface area (TPSA) is 69.2 Å². The summed E-state index contributed by atoms with van der Waals surface area (Å²) in [5.41, 5.74) is 5.08. The summed E-state index contributed by atoms with van der Waals surface area (Å²) in [5.74, 6) is 1.30. The van der Waals surface area contributed by atoms with Crippen LogP contribution in [-0.4, -0.2) is 40.2 Å². The van der Waals surface area contributed by atoms with Crippen LogP contribution >= 0.6 is 11.8 Å². The van der Waals surface area contributed by atoms with Crippen LogP contribution in [-0.2, 0) is 0 Å². The molecule has 122 valence electrons. The van der Waals surface area contributed by atoms with Gasteiger partial charge >= 0.3 is 0 Å². The van der Waals surface area contributed by atoms with Crippen LogP contribution in [0.2, 0.25) is 0 Å². The largest absolute Gasteiger partial charge is 0.372 e. The molecule has 7 heteroatoms. The summed E-state index contributed by atoms with van der Waals surface area (Å²) < 4.78 is 0. The van der Waals surface area contributed by atoms with Crippen molar-refractivity contribution in [1.82, 2.24) is 15.2 Å². The first-order valence-corrected chi connectivity index (χ1v) is 8.55. The van der Waals surface area contributed by atoms with Crippen LogP contribution < -0.4 is 10.3 Å². The first-order valence-electron chi connectivity index (χ1n) is 7.57. The molecule has 0 saturated carbocycles. The van der Waals surface area contributed by atoms with Gasteiger partial charge in [0.05, 0.1) is 6.21 Å². The summed E-state index contributed by atoms with van der Waals surface area (Å²) in [5, 5.41) is 11.7. The van der Waals surface area contributed by atoms with Crippen LogP contribution in [0.5, 0.6) is 0 Å². The van der Waals surface area contributed by atoms with E-state index in [2.05, 4.69) is 63.2 Å². The van der Waals surface area contributed by atoms with E-state index >= 15 is 0 Å². The SMILES string of the molecule is C=CCSc1n[nH]c(N/N=C/c2ccc(N(CC)CC)cc2)n1. The monoisotopic (exact) mass is 330 g/mol. The normalized spacial score (nSPS) is 10.9. The molecule has 0 fully saturated rings. The molecule has 0 atom stereocenters. The van der Waals surface area contributed by atoms with Crippen molar-refractivity contribution in [2.24, 2.45) is 5.10 Å². The van der Waals surface area contributed by atoms with Crippen LogP contribution in [0.1, 0.15) is 19.4 Å². The molecule has 0 spiro atoms. The molecule has 0 aliphatic rings. The molecule has 0 aliphatic carbocycles.